The molecule has 0 atom stereocenters. The molecule has 0 unspecified atom stereocenters. The van der Waals surface area contributed by atoms with E-state index in [9.17, 15) is 14.7 Å². The first kappa shape index (κ1) is 21.7. The average Bonchev–Trinajstić information content (AvgIpc) is 2.70. The lowest BCUT2D eigenvalue weighted by molar-refractivity contribution is 0.277. The van der Waals surface area contributed by atoms with E-state index in [1.54, 1.807) is 13.2 Å². The number of pyridine rings is 1. The Morgan fingerprint density at radius 3 is 2.48 bits per heavy atom. The van der Waals surface area contributed by atoms with E-state index in [1.807, 2.05) is 24.3 Å². The second-order valence-electron chi connectivity index (χ2n) is 7.66. The van der Waals surface area contributed by atoms with Crippen LogP contribution in [-0.2, 0) is 20.0 Å². The standard InChI is InChI=1S/C22H26IN3O3/c1-14(2)5-10-17-19-18(13-24-20(17)15-6-8-16(23)9-7-15)25(3)22(29)26(21(19)28)11-4-12-27/h6-9,13-14,27H,4-5,10-12H2,1-3H3. The van der Waals surface area contributed by atoms with E-state index in [0.29, 0.717) is 29.7 Å². The highest BCUT2D eigenvalue weighted by atomic mass is 127. The third kappa shape index (κ3) is 4.45. The number of aliphatic hydroxyl groups is 1. The molecule has 0 radical (unpaired) electrons. The molecular weight excluding hydrogens is 481 g/mol. The van der Waals surface area contributed by atoms with Gasteiger partial charge in [0.25, 0.3) is 5.56 Å². The lowest BCUT2D eigenvalue weighted by Gasteiger charge is -2.17. The number of aromatic nitrogens is 3. The second-order valence-corrected chi connectivity index (χ2v) is 8.91. The summed E-state index contributed by atoms with van der Waals surface area (Å²) < 4.78 is 3.84. The number of rotatable bonds is 7. The average molecular weight is 507 g/mol. The van der Waals surface area contributed by atoms with Crippen molar-refractivity contribution in [2.24, 2.45) is 13.0 Å². The van der Waals surface area contributed by atoms with Crippen molar-refractivity contribution in [3.05, 3.63) is 60.4 Å². The van der Waals surface area contributed by atoms with Gasteiger partial charge in [-0.25, -0.2) is 4.79 Å². The molecule has 154 valence electrons. The molecule has 0 aliphatic carbocycles. The minimum absolute atomic E-state index is 0.0713. The van der Waals surface area contributed by atoms with Crippen molar-refractivity contribution in [3.63, 3.8) is 0 Å². The molecule has 0 fully saturated rings. The molecule has 1 N–H and O–H groups in total. The molecule has 0 spiro atoms. The van der Waals surface area contributed by atoms with Crippen LogP contribution in [0.2, 0.25) is 0 Å². The number of aliphatic hydroxyl groups excluding tert-OH is 1. The lowest BCUT2D eigenvalue weighted by atomic mass is 9.95. The molecule has 0 aliphatic heterocycles. The van der Waals surface area contributed by atoms with E-state index in [-0.39, 0.29) is 24.4 Å². The molecule has 2 heterocycles. The van der Waals surface area contributed by atoms with Crippen LogP contribution in [0.3, 0.4) is 0 Å². The van der Waals surface area contributed by atoms with Crippen molar-refractivity contribution in [1.29, 1.82) is 0 Å². The normalized spacial score (nSPS) is 11.5. The molecule has 0 saturated carbocycles. The van der Waals surface area contributed by atoms with Crippen molar-refractivity contribution >= 4 is 33.5 Å². The van der Waals surface area contributed by atoms with Crippen LogP contribution in [-0.4, -0.2) is 25.8 Å². The van der Waals surface area contributed by atoms with Crippen LogP contribution in [0.15, 0.2) is 40.1 Å². The van der Waals surface area contributed by atoms with E-state index in [1.165, 1.54) is 9.13 Å². The summed E-state index contributed by atoms with van der Waals surface area (Å²) in [5.41, 5.74) is 2.50. The first-order chi connectivity index (χ1) is 13.8. The van der Waals surface area contributed by atoms with Crippen LogP contribution in [0, 0.1) is 9.49 Å². The smallest absolute Gasteiger partial charge is 0.331 e. The Morgan fingerprint density at radius 2 is 1.86 bits per heavy atom. The number of hydrogen-bond donors (Lipinski definition) is 1. The van der Waals surface area contributed by atoms with E-state index in [4.69, 9.17) is 0 Å². The molecular formula is C22H26IN3O3. The summed E-state index contributed by atoms with van der Waals surface area (Å²) in [7, 11) is 1.66. The number of halogens is 1. The molecule has 3 rings (SSSR count). The fraction of sp³-hybridized carbons (Fsp3) is 0.409. The van der Waals surface area contributed by atoms with Crippen molar-refractivity contribution in [2.45, 2.75) is 39.7 Å². The van der Waals surface area contributed by atoms with Crippen LogP contribution < -0.4 is 11.2 Å². The van der Waals surface area contributed by atoms with Gasteiger partial charge in [-0.05, 0) is 65.5 Å². The maximum Gasteiger partial charge on any atom is 0.331 e. The predicted molar refractivity (Wildman–Crippen MR) is 124 cm³/mol. The van der Waals surface area contributed by atoms with E-state index in [0.717, 1.165) is 26.8 Å². The molecule has 0 bridgehead atoms. The third-order valence-corrected chi connectivity index (χ3v) is 5.85. The summed E-state index contributed by atoms with van der Waals surface area (Å²) in [6, 6.07) is 8.07. The predicted octanol–water partition coefficient (Wildman–Crippen LogP) is 3.34. The first-order valence-electron chi connectivity index (χ1n) is 9.83. The quantitative estimate of drug-likeness (QED) is 0.498. The van der Waals surface area contributed by atoms with Gasteiger partial charge in [0.05, 0.1) is 22.8 Å². The molecule has 0 saturated heterocycles. The summed E-state index contributed by atoms with van der Waals surface area (Å²) >= 11 is 2.26. The highest BCUT2D eigenvalue weighted by Crippen LogP contribution is 2.28. The number of aryl methyl sites for hydroxylation is 2. The lowest BCUT2D eigenvalue weighted by Crippen LogP contribution is -2.39. The zero-order valence-corrected chi connectivity index (χ0v) is 19.1. The molecule has 0 amide bonds. The summed E-state index contributed by atoms with van der Waals surface area (Å²) in [5, 5.41) is 9.72. The van der Waals surface area contributed by atoms with Crippen molar-refractivity contribution in [3.8, 4) is 11.3 Å². The zero-order valence-electron chi connectivity index (χ0n) is 17.0. The van der Waals surface area contributed by atoms with Gasteiger partial charge < -0.3 is 5.11 Å². The Hall–Kier alpha value is -2.00. The Balaban J connectivity index is 2.35. The minimum atomic E-state index is -0.380. The van der Waals surface area contributed by atoms with Gasteiger partial charge in [0.15, 0.2) is 0 Å². The van der Waals surface area contributed by atoms with Crippen LogP contribution in [0.5, 0.6) is 0 Å². The summed E-state index contributed by atoms with van der Waals surface area (Å²) in [6.45, 7) is 4.43. The Bertz CT molecular complexity index is 1130. The molecule has 2 aromatic heterocycles. The number of hydrogen-bond acceptors (Lipinski definition) is 4. The van der Waals surface area contributed by atoms with Crippen molar-refractivity contribution < 1.29 is 5.11 Å². The van der Waals surface area contributed by atoms with Gasteiger partial charge >= 0.3 is 5.69 Å². The largest absolute Gasteiger partial charge is 0.396 e. The first-order valence-corrected chi connectivity index (χ1v) is 10.9. The van der Waals surface area contributed by atoms with Crippen molar-refractivity contribution in [1.82, 2.24) is 14.1 Å². The van der Waals surface area contributed by atoms with Crippen LogP contribution >= 0.6 is 22.6 Å². The fourth-order valence-electron chi connectivity index (χ4n) is 3.50. The second kappa shape index (κ2) is 9.21. The van der Waals surface area contributed by atoms with Gasteiger partial charge in [0, 0.05) is 29.3 Å². The van der Waals surface area contributed by atoms with Gasteiger partial charge in [0.1, 0.15) is 0 Å². The number of nitrogens with zero attached hydrogens (tertiary/aromatic N) is 3. The van der Waals surface area contributed by atoms with Gasteiger partial charge in [-0.1, -0.05) is 26.0 Å². The molecule has 6 nitrogen and oxygen atoms in total. The maximum absolute atomic E-state index is 13.3. The SMILES string of the molecule is CC(C)CCc1c(-c2ccc(I)cc2)ncc2c1c(=O)n(CCCO)c(=O)n2C. The summed E-state index contributed by atoms with van der Waals surface area (Å²) in [4.78, 5) is 30.7. The molecule has 29 heavy (non-hydrogen) atoms. The molecule has 3 aromatic rings. The number of fused-ring (bicyclic) bond motifs is 1. The summed E-state index contributed by atoms with van der Waals surface area (Å²) in [6.07, 6.45) is 3.60. The Kier molecular flexibility index (Phi) is 6.89. The van der Waals surface area contributed by atoms with Crippen LogP contribution in [0.25, 0.3) is 22.2 Å². The van der Waals surface area contributed by atoms with Crippen LogP contribution in [0.4, 0.5) is 0 Å². The van der Waals surface area contributed by atoms with Gasteiger partial charge in [-0.15, -0.1) is 0 Å². The highest BCUT2D eigenvalue weighted by Gasteiger charge is 2.19. The maximum atomic E-state index is 13.3. The highest BCUT2D eigenvalue weighted by molar-refractivity contribution is 14.1. The zero-order chi connectivity index (χ0) is 21.1. The Morgan fingerprint density at radius 1 is 1.17 bits per heavy atom. The topological polar surface area (TPSA) is 77.1 Å². The monoisotopic (exact) mass is 507 g/mol. The molecule has 0 aliphatic rings. The van der Waals surface area contributed by atoms with Gasteiger partial charge in [-0.3, -0.25) is 18.9 Å². The van der Waals surface area contributed by atoms with Crippen molar-refractivity contribution in [2.75, 3.05) is 6.61 Å². The van der Waals surface area contributed by atoms with E-state index in [2.05, 4.69) is 41.4 Å². The van der Waals surface area contributed by atoms with E-state index >= 15 is 0 Å². The van der Waals surface area contributed by atoms with Gasteiger partial charge in [-0.2, -0.15) is 0 Å². The molecule has 7 heteroatoms. The minimum Gasteiger partial charge on any atom is -0.396 e. The van der Waals surface area contributed by atoms with E-state index < -0.39 is 0 Å². The molecule has 1 aromatic carbocycles. The van der Waals surface area contributed by atoms with Gasteiger partial charge in [0.2, 0.25) is 0 Å². The van der Waals surface area contributed by atoms with Crippen LogP contribution in [0.1, 0.15) is 32.3 Å². The Labute approximate surface area is 183 Å². The third-order valence-electron chi connectivity index (χ3n) is 5.13. The number of benzene rings is 1. The fourth-order valence-corrected chi connectivity index (χ4v) is 3.86. The summed E-state index contributed by atoms with van der Waals surface area (Å²) in [5.74, 6) is 0.471.